The van der Waals surface area contributed by atoms with Crippen LogP contribution < -0.4 is 10.2 Å². The third-order valence-corrected chi connectivity index (χ3v) is 4.30. The maximum Gasteiger partial charge on any atom is 0.225 e. The van der Waals surface area contributed by atoms with E-state index in [0.29, 0.717) is 6.54 Å². The molecule has 2 aromatic rings. The van der Waals surface area contributed by atoms with Crippen molar-refractivity contribution in [1.29, 1.82) is 0 Å². The minimum Gasteiger partial charge on any atom is -0.357 e. The summed E-state index contributed by atoms with van der Waals surface area (Å²) in [5, 5.41) is 3.36. The molecule has 6 nitrogen and oxygen atoms in total. The molecule has 0 unspecified atom stereocenters. The van der Waals surface area contributed by atoms with Gasteiger partial charge in [0.15, 0.2) is 5.96 Å². The van der Waals surface area contributed by atoms with Crippen molar-refractivity contribution in [2.24, 2.45) is 4.99 Å². The Hall–Kier alpha value is -1.97. The molecule has 1 aromatic carbocycles. The van der Waals surface area contributed by atoms with Crippen LogP contribution in [0.3, 0.4) is 0 Å². The number of rotatable bonds is 5. The first kappa shape index (κ1) is 21.3. The van der Waals surface area contributed by atoms with Crippen molar-refractivity contribution in [3.05, 3.63) is 54.1 Å². The Bertz CT molecular complexity index is 719. The lowest BCUT2D eigenvalue weighted by Crippen LogP contribution is -2.53. The van der Waals surface area contributed by atoms with Crippen molar-refractivity contribution in [2.75, 3.05) is 44.2 Å². The van der Waals surface area contributed by atoms with E-state index in [4.69, 9.17) is 4.99 Å². The molecule has 0 saturated carbocycles. The lowest BCUT2D eigenvalue weighted by molar-refractivity contribution is 0.370. The number of piperazine rings is 1. The summed E-state index contributed by atoms with van der Waals surface area (Å²) in [5.41, 5.74) is 0.968. The quantitative estimate of drug-likeness (QED) is 0.402. The van der Waals surface area contributed by atoms with Crippen LogP contribution >= 0.6 is 24.0 Å². The van der Waals surface area contributed by atoms with Crippen LogP contribution in [0.5, 0.6) is 0 Å². The molecule has 146 valence electrons. The first-order valence-electron chi connectivity index (χ1n) is 9.06. The summed E-state index contributed by atoms with van der Waals surface area (Å²) in [6.07, 6.45) is 4.27. The first-order valence-corrected chi connectivity index (χ1v) is 9.06. The van der Waals surface area contributed by atoms with E-state index in [1.807, 2.05) is 12.1 Å². The molecule has 0 aliphatic carbocycles. The fourth-order valence-electron chi connectivity index (χ4n) is 2.98. The first-order chi connectivity index (χ1) is 12.8. The van der Waals surface area contributed by atoms with Crippen LogP contribution in [0.4, 0.5) is 10.3 Å². The lowest BCUT2D eigenvalue weighted by atomic mass is 10.1. The molecule has 3 rings (SSSR count). The average Bonchev–Trinajstić information content (AvgIpc) is 2.68. The molecule has 1 saturated heterocycles. The van der Waals surface area contributed by atoms with Gasteiger partial charge in [0.1, 0.15) is 5.82 Å². The Balaban J connectivity index is 0.00000261. The van der Waals surface area contributed by atoms with Crippen LogP contribution in [0.2, 0.25) is 0 Å². The number of nitrogens with zero attached hydrogens (tertiary/aromatic N) is 5. The van der Waals surface area contributed by atoms with E-state index in [9.17, 15) is 4.39 Å². The maximum absolute atomic E-state index is 13.3. The largest absolute Gasteiger partial charge is 0.357 e. The molecule has 0 amide bonds. The van der Waals surface area contributed by atoms with Crippen molar-refractivity contribution in [1.82, 2.24) is 20.2 Å². The molecule has 1 aliphatic rings. The number of guanidine groups is 1. The Morgan fingerprint density at radius 1 is 1.15 bits per heavy atom. The topological polar surface area (TPSA) is 56.7 Å². The Morgan fingerprint density at radius 3 is 2.56 bits per heavy atom. The summed E-state index contributed by atoms with van der Waals surface area (Å²) in [6.45, 7) is 6.97. The molecule has 2 heterocycles. The molecule has 1 fully saturated rings. The molecule has 1 aliphatic heterocycles. The van der Waals surface area contributed by atoms with E-state index in [-0.39, 0.29) is 29.8 Å². The van der Waals surface area contributed by atoms with E-state index in [1.165, 1.54) is 6.07 Å². The zero-order chi connectivity index (χ0) is 18.2. The molecule has 1 N–H and O–H groups in total. The van der Waals surface area contributed by atoms with Crippen LogP contribution in [0.25, 0.3) is 0 Å². The van der Waals surface area contributed by atoms with E-state index in [2.05, 4.69) is 32.0 Å². The molecule has 8 heteroatoms. The second-order valence-corrected chi connectivity index (χ2v) is 6.14. The van der Waals surface area contributed by atoms with Gasteiger partial charge in [-0.2, -0.15) is 0 Å². The van der Waals surface area contributed by atoms with Crippen molar-refractivity contribution < 1.29 is 4.39 Å². The number of nitrogens with one attached hydrogen (secondary N) is 1. The maximum atomic E-state index is 13.3. The minimum atomic E-state index is -0.197. The Morgan fingerprint density at radius 2 is 1.89 bits per heavy atom. The Labute approximate surface area is 176 Å². The molecular formula is C19H26FIN6. The molecule has 0 spiro atoms. The van der Waals surface area contributed by atoms with Crippen LogP contribution in [0, 0.1) is 5.82 Å². The van der Waals surface area contributed by atoms with Crippen molar-refractivity contribution in [3.8, 4) is 0 Å². The molecule has 1 aromatic heterocycles. The van der Waals surface area contributed by atoms with E-state index >= 15 is 0 Å². The van der Waals surface area contributed by atoms with Crippen LogP contribution in [-0.2, 0) is 6.42 Å². The highest BCUT2D eigenvalue weighted by molar-refractivity contribution is 14.0. The molecular weight excluding hydrogens is 458 g/mol. The zero-order valence-electron chi connectivity index (χ0n) is 15.5. The van der Waals surface area contributed by atoms with E-state index in [0.717, 1.165) is 56.6 Å². The van der Waals surface area contributed by atoms with Gasteiger partial charge in [-0.05, 0) is 37.1 Å². The second-order valence-electron chi connectivity index (χ2n) is 6.14. The zero-order valence-corrected chi connectivity index (χ0v) is 17.8. The van der Waals surface area contributed by atoms with Gasteiger partial charge in [0, 0.05) is 51.7 Å². The van der Waals surface area contributed by atoms with Crippen molar-refractivity contribution in [3.63, 3.8) is 0 Å². The van der Waals surface area contributed by atoms with Gasteiger partial charge >= 0.3 is 0 Å². The number of benzene rings is 1. The summed E-state index contributed by atoms with van der Waals surface area (Å²) in [5.74, 6) is 1.50. The summed E-state index contributed by atoms with van der Waals surface area (Å²) < 4.78 is 13.3. The average molecular weight is 484 g/mol. The van der Waals surface area contributed by atoms with E-state index in [1.54, 1.807) is 24.5 Å². The summed E-state index contributed by atoms with van der Waals surface area (Å²) in [6, 6.07) is 8.54. The Kier molecular flexibility index (Phi) is 8.70. The van der Waals surface area contributed by atoms with Crippen molar-refractivity contribution >= 4 is 35.9 Å². The SMILES string of the molecule is CCNC(=NCCc1cccc(F)c1)N1CCN(c2ncccn2)CC1.I. The number of hydrogen-bond acceptors (Lipinski definition) is 4. The number of aliphatic imine (C=N–C) groups is 1. The summed E-state index contributed by atoms with van der Waals surface area (Å²) in [4.78, 5) is 17.8. The third kappa shape index (κ3) is 6.30. The molecule has 27 heavy (non-hydrogen) atoms. The summed E-state index contributed by atoms with van der Waals surface area (Å²) >= 11 is 0. The molecule has 0 atom stereocenters. The van der Waals surface area contributed by atoms with Crippen LogP contribution in [0.1, 0.15) is 12.5 Å². The van der Waals surface area contributed by atoms with Gasteiger partial charge in [-0.15, -0.1) is 24.0 Å². The van der Waals surface area contributed by atoms with Gasteiger partial charge in [-0.1, -0.05) is 12.1 Å². The van der Waals surface area contributed by atoms with Gasteiger partial charge in [-0.3, -0.25) is 4.99 Å². The fourth-order valence-corrected chi connectivity index (χ4v) is 2.98. The predicted octanol–water partition coefficient (Wildman–Crippen LogP) is 2.56. The van der Waals surface area contributed by atoms with Crippen LogP contribution in [-0.4, -0.2) is 60.1 Å². The van der Waals surface area contributed by atoms with Gasteiger partial charge in [-0.25, -0.2) is 14.4 Å². The molecule has 0 bridgehead atoms. The smallest absolute Gasteiger partial charge is 0.225 e. The van der Waals surface area contributed by atoms with Gasteiger partial charge in [0.25, 0.3) is 0 Å². The fraction of sp³-hybridized carbons (Fsp3) is 0.421. The third-order valence-electron chi connectivity index (χ3n) is 4.30. The van der Waals surface area contributed by atoms with Gasteiger partial charge in [0.2, 0.25) is 5.95 Å². The number of aromatic nitrogens is 2. The predicted molar refractivity (Wildman–Crippen MR) is 117 cm³/mol. The standard InChI is InChI=1S/C19H25FN6.HI/c1-2-21-18(24-10-7-16-5-3-6-17(20)15-16)25-11-13-26(14-12-25)19-22-8-4-9-23-19;/h3-6,8-9,15H,2,7,10-14H2,1H3,(H,21,24);1H. The summed E-state index contributed by atoms with van der Waals surface area (Å²) in [7, 11) is 0. The lowest BCUT2D eigenvalue weighted by Gasteiger charge is -2.36. The highest BCUT2D eigenvalue weighted by Crippen LogP contribution is 2.10. The number of hydrogen-bond donors (Lipinski definition) is 1. The normalized spacial score (nSPS) is 14.7. The van der Waals surface area contributed by atoms with E-state index < -0.39 is 0 Å². The monoisotopic (exact) mass is 484 g/mol. The highest BCUT2D eigenvalue weighted by Gasteiger charge is 2.20. The van der Waals surface area contributed by atoms with Crippen LogP contribution in [0.15, 0.2) is 47.7 Å². The van der Waals surface area contributed by atoms with Gasteiger partial charge in [0.05, 0.1) is 0 Å². The number of anilines is 1. The number of halogens is 2. The van der Waals surface area contributed by atoms with Crippen molar-refractivity contribution in [2.45, 2.75) is 13.3 Å². The second kappa shape index (κ2) is 11.0. The van der Waals surface area contributed by atoms with Gasteiger partial charge < -0.3 is 15.1 Å². The minimum absolute atomic E-state index is 0. The highest BCUT2D eigenvalue weighted by atomic mass is 127. The molecule has 0 radical (unpaired) electrons.